The summed E-state index contributed by atoms with van der Waals surface area (Å²) in [6.07, 6.45) is 3.55. The summed E-state index contributed by atoms with van der Waals surface area (Å²) in [5.41, 5.74) is 3.24. The molecule has 46 heavy (non-hydrogen) atoms. The fraction of sp³-hybridized carbons (Fsp3) is 0.417. The summed E-state index contributed by atoms with van der Waals surface area (Å²) in [5, 5.41) is 17.7. The Morgan fingerprint density at radius 1 is 1.13 bits per heavy atom. The van der Waals surface area contributed by atoms with Gasteiger partial charge in [-0.25, -0.2) is 0 Å². The van der Waals surface area contributed by atoms with Crippen LogP contribution in [0.25, 0.3) is 0 Å². The minimum atomic E-state index is -0.874. The number of benzene rings is 2. The van der Waals surface area contributed by atoms with Gasteiger partial charge in [-0.15, -0.1) is 0 Å². The van der Waals surface area contributed by atoms with Crippen LogP contribution in [0.15, 0.2) is 83.0 Å². The van der Waals surface area contributed by atoms with E-state index in [9.17, 15) is 19.5 Å². The van der Waals surface area contributed by atoms with Crippen molar-refractivity contribution in [2.75, 3.05) is 27.2 Å². The summed E-state index contributed by atoms with van der Waals surface area (Å²) < 4.78 is 6.03. The van der Waals surface area contributed by atoms with Crippen molar-refractivity contribution in [2.45, 2.75) is 65.0 Å². The van der Waals surface area contributed by atoms with Crippen LogP contribution in [-0.4, -0.2) is 59.7 Å². The summed E-state index contributed by atoms with van der Waals surface area (Å²) in [5.74, 6) is -0.000199. The van der Waals surface area contributed by atoms with Crippen molar-refractivity contribution < 1.29 is 24.2 Å². The maximum absolute atomic E-state index is 14.3. The lowest BCUT2D eigenvalue weighted by Gasteiger charge is -2.37. The van der Waals surface area contributed by atoms with E-state index < -0.39 is 6.04 Å². The van der Waals surface area contributed by atoms with Crippen LogP contribution in [0, 0.1) is 5.41 Å². The number of Topliss-reactive ketones (excluding diaryl/α,β-unsaturated/α-hetero) is 1. The van der Waals surface area contributed by atoms with Gasteiger partial charge in [-0.05, 0) is 55.6 Å². The number of rotatable bonds is 10. The number of fused-ring (bicyclic) bond motifs is 1. The molecule has 0 fully saturated rings. The first kappa shape index (κ1) is 33.3. The lowest BCUT2D eigenvalue weighted by molar-refractivity contribution is -0.133. The quantitative estimate of drug-likeness (QED) is 0.293. The molecule has 5 rings (SSSR count). The Labute approximate surface area is 275 Å². The number of aliphatic hydroxyl groups is 1. The average Bonchev–Trinajstić information content (AvgIpc) is 3.14. The Bertz CT molecular complexity index is 1590. The standard InChI is InChI=1S/C36H43ClN4O5/c1-36(2)20-27-33(30(43)21-36)35(25-14-13-24(19-26(25)37)46-22-23-9-6-5-7-10-23)41(28-11-8-12-29(42)34(28)39-27)32(45)16-15-31(44)38-17-18-40(3)4/h5-7,9-11,13-14,19,35,39,42H,8,12,15-18,20-22H2,1-4H3,(H,38,44). The van der Waals surface area contributed by atoms with E-state index in [1.807, 2.05) is 69.3 Å². The number of likely N-dealkylation sites (N-methyl/N-ethyl adjacent to an activating group) is 1. The summed E-state index contributed by atoms with van der Waals surface area (Å²) in [4.78, 5) is 44.6. The van der Waals surface area contributed by atoms with Gasteiger partial charge in [0, 0.05) is 55.1 Å². The topological polar surface area (TPSA) is 111 Å². The maximum Gasteiger partial charge on any atom is 0.228 e. The average molecular weight is 647 g/mol. The third-order valence-electron chi connectivity index (χ3n) is 8.48. The lowest BCUT2D eigenvalue weighted by atomic mass is 9.73. The SMILES string of the molecule is CN(C)CCNC(=O)CCC(=O)N1C2=CCCC(O)=C2NC2=C(C(=O)CC(C)(C)C2)C1c1ccc(OCc2ccccc2)cc1Cl. The first-order chi connectivity index (χ1) is 21.9. The Morgan fingerprint density at radius 2 is 1.89 bits per heavy atom. The van der Waals surface area contributed by atoms with Gasteiger partial charge in [0.2, 0.25) is 11.8 Å². The molecule has 1 atom stereocenters. The van der Waals surface area contributed by atoms with E-state index in [0.717, 1.165) is 5.56 Å². The van der Waals surface area contributed by atoms with Crippen LogP contribution in [0.5, 0.6) is 5.75 Å². The molecule has 0 radical (unpaired) electrons. The Hall–Kier alpha value is -4.08. The summed E-state index contributed by atoms with van der Waals surface area (Å²) in [6, 6.07) is 14.2. The number of ether oxygens (including phenoxy) is 1. The number of ketones is 1. The van der Waals surface area contributed by atoms with Crippen molar-refractivity contribution in [1.29, 1.82) is 0 Å². The van der Waals surface area contributed by atoms with Crippen molar-refractivity contribution in [3.8, 4) is 5.75 Å². The number of halogens is 1. The number of hydrogen-bond donors (Lipinski definition) is 3. The molecule has 0 saturated carbocycles. The lowest BCUT2D eigenvalue weighted by Crippen LogP contribution is -2.39. The predicted molar refractivity (Wildman–Crippen MR) is 178 cm³/mol. The fourth-order valence-electron chi connectivity index (χ4n) is 6.24. The van der Waals surface area contributed by atoms with E-state index in [1.165, 1.54) is 0 Å². The number of hydrogen-bond acceptors (Lipinski definition) is 7. The van der Waals surface area contributed by atoms with Gasteiger partial charge in [0.15, 0.2) is 5.78 Å². The van der Waals surface area contributed by atoms with Crippen LogP contribution in [0.1, 0.15) is 69.5 Å². The van der Waals surface area contributed by atoms with E-state index in [-0.39, 0.29) is 41.6 Å². The Morgan fingerprint density at radius 3 is 2.61 bits per heavy atom. The van der Waals surface area contributed by atoms with Gasteiger partial charge in [0.1, 0.15) is 23.8 Å². The molecule has 10 heteroatoms. The number of aliphatic hydroxyl groups excluding tert-OH is 1. The smallest absolute Gasteiger partial charge is 0.228 e. The van der Waals surface area contributed by atoms with E-state index in [1.54, 1.807) is 23.1 Å². The molecule has 0 saturated heterocycles. The summed E-state index contributed by atoms with van der Waals surface area (Å²) in [6.45, 7) is 5.57. The first-order valence-electron chi connectivity index (χ1n) is 15.8. The number of carbonyl (C=O) groups excluding carboxylic acids is 3. The number of nitrogens with zero attached hydrogens (tertiary/aromatic N) is 2. The monoisotopic (exact) mass is 646 g/mol. The van der Waals surface area contributed by atoms with Crippen molar-refractivity contribution in [3.63, 3.8) is 0 Å². The van der Waals surface area contributed by atoms with Gasteiger partial charge in [-0.2, -0.15) is 0 Å². The molecule has 0 spiro atoms. The van der Waals surface area contributed by atoms with Crippen molar-refractivity contribution in [2.24, 2.45) is 5.41 Å². The number of nitrogens with one attached hydrogen (secondary N) is 2. The third kappa shape index (κ3) is 7.65. The van der Waals surface area contributed by atoms with Gasteiger partial charge >= 0.3 is 0 Å². The molecule has 1 aliphatic heterocycles. The van der Waals surface area contributed by atoms with Crippen molar-refractivity contribution >= 4 is 29.2 Å². The molecule has 0 aromatic heterocycles. The molecule has 2 aromatic carbocycles. The minimum Gasteiger partial charge on any atom is -0.510 e. The highest BCUT2D eigenvalue weighted by Gasteiger charge is 2.45. The number of amides is 2. The first-order valence-corrected chi connectivity index (χ1v) is 16.2. The highest BCUT2D eigenvalue weighted by Crippen LogP contribution is 2.49. The van der Waals surface area contributed by atoms with Gasteiger partial charge in [-0.3, -0.25) is 19.3 Å². The zero-order valence-electron chi connectivity index (χ0n) is 27.0. The number of allylic oxidation sites excluding steroid dienone is 3. The van der Waals surface area contributed by atoms with Crippen LogP contribution in [-0.2, 0) is 21.0 Å². The Kier molecular flexibility index (Phi) is 10.2. The second kappa shape index (κ2) is 14.1. The highest BCUT2D eigenvalue weighted by molar-refractivity contribution is 6.31. The van der Waals surface area contributed by atoms with E-state index in [4.69, 9.17) is 16.3 Å². The molecule has 9 nitrogen and oxygen atoms in total. The molecule has 3 N–H and O–H groups in total. The molecular formula is C36H43ClN4O5. The molecule has 1 heterocycles. The van der Waals surface area contributed by atoms with E-state index in [2.05, 4.69) is 10.6 Å². The van der Waals surface area contributed by atoms with Crippen LogP contribution in [0.4, 0.5) is 0 Å². The van der Waals surface area contributed by atoms with Gasteiger partial charge in [0.25, 0.3) is 0 Å². The van der Waals surface area contributed by atoms with Crippen molar-refractivity contribution in [1.82, 2.24) is 20.4 Å². The summed E-state index contributed by atoms with van der Waals surface area (Å²) in [7, 11) is 3.84. The fourth-order valence-corrected chi connectivity index (χ4v) is 6.51. The maximum atomic E-state index is 14.3. The molecular weight excluding hydrogens is 604 g/mol. The van der Waals surface area contributed by atoms with Crippen LogP contribution >= 0.6 is 11.6 Å². The molecule has 2 aliphatic carbocycles. The van der Waals surface area contributed by atoms with Gasteiger partial charge < -0.3 is 25.4 Å². The predicted octanol–water partition coefficient (Wildman–Crippen LogP) is 5.94. The number of carbonyl (C=O) groups is 3. The van der Waals surface area contributed by atoms with Gasteiger partial charge in [-0.1, -0.05) is 67.9 Å². The normalized spacial score (nSPS) is 19.2. The molecule has 2 amide bonds. The molecule has 2 aromatic rings. The second-order valence-corrected chi connectivity index (χ2v) is 13.6. The minimum absolute atomic E-state index is 0.0197. The molecule has 1 unspecified atom stereocenters. The zero-order chi connectivity index (χ0) is 33.0. The molecule has 0 bridgehead atoms. The zero-order valence-corrected chi connectivity index (χ0v) is 27.7. The molecule has 3 aliphatic rings. The second-order valence-electron chi connectivity index (χ2n) is 13.2. The largest absolute Gasteiger partial charge is 0.510 e. The third-order valence-corrected chi connectivity index (χ3v) is 8.81. The Balaban J connectivity index is 1.54. The van der Waals surface area contributed by atoms with E-state index in [0.29, 0.717) is 84.4 Å². The highest BCUT2D eigenvalue weighted by atomic mass is 35.5. The van der Waals surface area contributed by atoms with Crippen LogP contribution < -0.4 is 15.4 Å². The van der Waals surface area contributed by atoms with Crippen molar-refractivity contribution in [3.05, 3.63) is 99.2 Å². The summed E-state index contributed by atoms with van der Waals surface area (Å²) >= 11 is 7.00. The molecule has 244 valence electrons. The van der Waals surface area contributed by atoms with Gasteiger partial charge in [0.05, 0.1) is 11.7 Å². The van der Waals surface area contributed by atoms with Crippen LogP contribution in [0.3, 0.4) is 0 Å². The van der Waals surface area contributed by atoms with Crippen LogP contribution in [0.2, 0.25) is 5.02 Å². The van der Waals surface area contributed by atoms with E-state index >= 15 is 0 Å².